The molecule has 3 rings (SSSR count). The molecule has 21 heavy (non-hydrogen) atoms. The maximum Gasteiger partial charge on any atom is 0.236 e. The molecule has 4 nitrogen and oxygen atoms in total. The first-order chi connectivity index (χ1) is 10.0. The Morgan fingerprint density at radius 2 is 2.14 bits per heavy atom. The van der Waals surface area contributed by atoms with Crippen LogP contribution in [0.5, 0.6) is 0 Å². The first kappa shape index (κ1) is 14.7. The van der Waals surface area contributed by atoms with Gasteiger partial charge in [-0.2, -0.15) is 0 Å². The second-order valence-electron chi connectivity index (χ2n) is 5.68. The van der Waals surface area contributed by atoms with Crippen molar-refractivity contribution in [3.63, 3.8) is 0 Å². The highest BCUT2D eigenvalue weighted by molar-refractivity contribution is 6.42. The maximum atomic E-state index is 12.7. The summed E-state index contributed by atoms with van der Waals surface area (Å²) >= 11 is 12.0. The molecule has 1 atom stereocenters. The summed E-state index contributed by atoms with van der Waals surface area (Å²) in [5.74, 6) is 0.558. The summed E-state index contributed by atoms with van der Waals surface area (Å²) in [5.41, 5.74) is 0.385. The Balaban J connectivity index is 1.82. The Morgan fingerprint density at radius 3 is 2.67 bits per heavy atom. The molecule has 1 heterocycles. The average Bonchev–Trinajstić information content (AvgIpc) is 2.78. The van der Waals surface area contributed by atoms with Crippen LogP contribution < -0.4 is 5.32 Å². The van der Waals surface area contributed by atoms with Gasteiger partial charge in [-0.15, -0.1) is 0 Å². The van der Waals surface area contributed by atoms with Crippen LogP contribution in [-0.4, -0.2) is 17.8 Å². The summed E-state index contributed by atoms with van der Waals surface area (Å²) in [6.45, 7) is 1.92. The van der Waals surface area contributed by atoms with Crippen LogP contribution in [-0.2, 0) is 15.0 Å². The smallest absolute Gasteiger partial charge is 0.236 e. The molecule has 1 aromatic carbocycles. The van der Waals surface area contributed by atoms with E-state index in [1.54, 1.807) is 12.1 Å². The number of oxime groups is 1. The van der Waals surface area contributed by atoms with Gasteiger partial charge in [-0.1, -0.05) is 40.8 Å². The minimum absolute atomic E-state index is 0.0163. The van der Waals surface area contributed by atoms with Crippen molar-refractivity contribution in [3.05, 3.63) is 33.8 Å². The molecule has 6 heteroatoms. The molecule has 1 aliphatic carbocycles. The van der Waals surface area contributed by atoms with Gasteiger partial charge >= 0.3 is 0 Å². The molecule has 1 aromatic rings. The molecule has 1 saturated carbocycles. The third-order valence-corrected chi connectivity index (χ3v) is 4.93. The van der Waals surface area contributed by atoms with Gasteiger partial charge in [0.1, 0.15) is 6.10 Å². The van der Waals surface area contributed by atoms with E-state index in [2.05, 4.69) is 10.5 Å². The van der Waals surface area contributed by atoms with Crippen LogP contribution in [0.1, 0.15) is 38.2 Å². The van der Waals surface area contributed by atoms with E-state index in [-0.39, 0.29) is 12.0 Å². The molecule has 0 aromatic heterocycles. The molecule has 112 valence electrons. The predicted molar refractivity (Wildman–Crippen MR) is 82.7 cm³/mol. The van der Waals surface area contributed by atoms with Gasteiger partial charge < -0.3 is 10.2 Å². The van der Waals surface area contributed by atoms with Gasteiger partial charge in [-0.3, -0.25) is 4.79 Å². The SMILES string of the molecule is CC1CC(NC(=O)C2(c3ccc(Cl)c(Cl)c3)CCC2)=NO1. The van der Waals surface area contributed by atoms with Crippen molar-refractivity contribution >= 4 is 34.9 Å². The van der Waals surface area contributed by atoms with E-state index in [1.807, 2.05) is 13.0 Å². The van der Waals surface area contributed by atoms with Crippen LogP contribution in [0.15, 0.2) is 23.4 Å². The summed E-state index contributed by atoms with van der Waals surface area (Å²) in [5, 5.41) is 7.76. The first-order valence-corrected chi connectivity index (χ1v) is 7.76. The van der Waals surface area contributed by atoms with E-state index in [1.165, 1.54) is 0 Å². The third kappa shape index (κ3) is 2.62. The number of halogens is 2. The van der Waals surface area contributed by atoms with Gasteiger partial charge in [0.15, 0.2) is 5.84 Å². The molecule has 1 unspecified atom stereocenters. The van der Waals surface area contributed by atoms with E-state index in [4.69, 9.17) is 28.0 Å². The van der Waals surface area contributed by atoms with E-state index in [0.717, 1.165) is 24.8 Å². The van der Waals surface area contributed by atoms with Gasteiger partial charge in [-0.25, -0.2) is 0 Å². The lowest BCUT2D eigenvalue weighted by molar-refractivity contribution is -0.128. The molecule has 1 N–H and O–H groups in total. The molecule has 0 saturated heterocycles. The number of benzene rings is 1. The molecule has 0 radical (unpaired) electrons. The summed E-state index contributed by atoms with van der Waals surface area (Å²) in [6.07, 6.45) is 3.28. The summed E-state index contributed by atoms with van der Waals surface area (Å²) < 4.78 is 0. The summed E-state index contributed by atoms with van der Waals surface area (Å²) in [6, 6.07) is 5.41. The fourth-order valence-corrected chi connectivity index (χ4v) is 3.09. The number of carbonyl (C=O) groups is 1. The number of rotatable bonds is 2. The van der Waals surface area contributed by atoms with Gasteiger partial charge in [0.2, 0.25) is 5.91 Å². The fourth-order valence-electron chi connectivity index (χ4n) is 2.80. The lowest BCUT2D eigenvalue weighted by atomic mass is 9.64. The van der Waals surface area contributed by atoms with E-state index < -0.39 is 5.41 Å². The van der Waals surface area contributed by atoms with Crippen molar-refractivity contribution in [1.29, 1.82) is 0 Å². The highest BCUT2D eigenvalue weighted by atomic mass is 35.5. The zero-order valence-corrected chi connectivity index (χ0v) is 13.2. The van der Waals surface area contributed by atoms with Crippen molar-refractivity contribution in [2.75, 3.05) is 0 Å². The van der Waals surface area contributed by atoms with Crippen LogP contribution in [0, 0.1) is 0 Å². The molecule has 1 amide bonds. The Labute approximate surface area is 133 Å². The number of hydrogen-bond acceptors (Lipinski definition) is 3. The minimum Gasteiger partial charge on any atom is -0.391 e. The average molecular weight is 327 g/mol. The zero-order chi connectivity index (χ0) is 15.0. The maximum absolute atomic E-state index is 12.7. The van der Waals surface area contributed by atoms with E-state index in [9.17, 15) is 4.79 Å². The monoisotopic (exact) mass is 326 g/mol. The lowest BCUT2D eigenvalue weighted by Gasteiger charge is -2.40. The van der Waals surface area contributed by atoms with Gasteiger partial charge in [-0.05, 0) is 37.5 Å². The minimum atomic E-state index is -0.525. The molecule has 0 bridgehead atoms. The Hall–Kier alpha value is -1.26. The predicted octanol–water partition coefficient (Wildman–Crippen LogP) is 3.65. The van der Waals surface area contributed by atoms with Crippen molar-refractivity contribution in [1.82, 2.24) is 5.32 Å². The molecule has 0 spiro atoms. The Bertz CT molecular complexity index is 612. The van der Waals surface area contributed by atoms with Crippen molar-refractivity contribution in [2.45, 2.75) is 44.1 Å². The summed E-state index contributed by atoms with van der Waals surface area (Å²) in [4.78, 5) is 17.8. The third-order valence-electron chi connectivity index (χ3n) is 4.20. The number of amidine groups is 1. The molecule has 1 fully saturated rings. The number of hydrogen-bond donors (Lipinski definition) is 1. The van der Waals surface area contributed by atoms with Crippen LogP contribution in [0.2, 0.25) is 10.0 Å². The second kappa shape index (κ2) is 5.50. The molecular weight excluding hydrogens is 311 g/mol. The highest BCUT2D eigenvalue weighted by Gasteiger charge is 2.46. The van der Waals surface area contributed by atoms with Gasteiger partial charge in [0.25, 0.3) is 0 Å². The van der Waals surface area contributed by atoms with Crippen LogP contribution in [0.4, 0.5) is 0 Å². The van der Waals surface area contributed by atoms with E-state index >= 15 is 0 Å². The normalized spacial score (nSPS) is 23.0. The number of carbonyl (C=O) groups excluding carboxylic acids is 1. The second-order valence-corrected chi connectivity index (χ2v) is 6.49. The van der Waals surface area contributed by atoms with Crippen LogP contribution in [0.3, 0.4) is 0 Å². The first-order valence-electron chi connectivity index (χ1n) is 7.01. The Morgan fingerprint density at radius 1 is 1.38 bits per heavy atom. The van der Waals surface area contributed by atoms with Crippen molar-refractivity contribution < 1.29 is 9.63 Å². The Kier molecular flexibility index (Phi) is 3.84. The van der Waals surface area contributed by atoms with Crippen molar-refractivity contribution in [3.8, 4) is 0 Å². The summed E-state index contributed by atoms with van der Waals surface area (Å²) in [7, 11) is 0. The van der Waals surface area contributed by atoms with Crippen LogP contribution >= 0.6 is 23.2 Å². The topological polar surface area (TPSA) is 50.7 Å². The van der Waals surface area contributed by atoms with E-state index in [0.29, 0.717) is 22.3 Å². The number of nitrogens with zero attached hydrogens (tertiary/aromatic N) is 1. The molecular formula is C15H16Cl2N2O2. The quantitative estimate of drug-likeness (QED) is 0.901. The number of nitrogens with one attached hydrogen (secondary N) is 1. The molecule has 1 aliphatic heterocycles. The fraction of sp³-hybridized carbons (Fsp3) is 0.467. The standard InChI is InChI=1S/C15H16Cl2N2O2/c1-9-7-13(19-21-9)18-14(20)15(5-2-6-15)10-3-4-11(16)12(17)8-10/h3-4,8-9H,2,5-7H2,1H3,(H,18,19,20). The largest absolute Gasteiger partial charge is 0.391 e. The van der Waals surface area contributed by atoms with Crippen LogP contribution in [0.25, 0.3) is 0 Å². The number of amides is 1. The molecule has 2 aliphatic rings. The van der Waals surface area contributed by atoms with Gasteiger partial charge in [0.05, 0.1) is 15.5 Å². The highest BCUT2D eigenvalue weighted by Crippen LogP contribution is 2.45. The zero-order valence-electron chi connectivity index (χ0n) is 11.7. The van der Waals surface area contributed by atoms with Crippen molar-refractivity contribution in [2.24, 2.45) is 5.16 Å². The van der Waals surface area contributed by atoms with Gasteiger partial charge in [0, 0.05) is 6.42 Å². The lowest BCUT2D eigenvalue weighted by Crippen LogP contribution is -2.50.